The van der Waals surface area contributed by atoms with Gasteiger partial charge >= 0.3 is 0 Å². The molecule has 4 aromatic carbocycles. The average molecular weight is 569 g/mol. The van der Waals surface area contributed by atoms with Crippen molar-refractivity contribution in [2.45, 2.75) is 13.8 Å². The molecule has 44 heavy (non-hydrogen) atoms. The summed E-state index contributed by atoms with van der Waals surface area (Å²) >= 11 is 0. The van der Waals surface area contributed by atoms with Crippen LogP contribution in [0, 0.1) is 0 Å². The van der Waals surface area contributed by atoms with Gasteiger partial charge in [-0.1, -0.05) is 161 Å². The summed E-state index contributed by atoms with van der Waals surface area (Å²) in [6, 6.07) is 31.5. The number of fused-ring (bicyclic) bond motifs is 2. The maximum absolute atomic E-state index is 4.24. The van der Waals surface area contributed by atoms with E-state index in [0.717, 1.165) is 54.6 Å². The molecule has 0 saturated heterocycles. The van der Waals surface area contributed by atoms with Crippen molar-refractivity contribution < 1.29 is 0 Å². The Kier molecular flexibility index (Phi) is 10.5. The molecule has 4 aromatic rings. The topological polar surface area (TPSA) is 0 Å². The standard InChI is InChI=1S/C44H40/c1-9-31(4)24-27-38(28-32(5)10-2)44-41-22-16-14-20-39(41)43(40-21-15-17-23-42(40)44)35(8)30-36(11-3)37-26-25-33(6)18-12-13-19-34(7)29-37/h9-30H,1-2,4-7H2,3,8H3/b18-12?,19-13?,26-25?,27-24-,35-30+,36-11+,37-29?,38-28+. The van der Waals surface area contributed by atoms with Gasteiger partial charge in [-0.05, 0) is 103 Å². The molecule has 0 saturated carbocycles. The lowest BCUT2D eigenvalue weighted by Gasteiger charge is -2.19. The summed E-state index contributed by atoms with van der Waals surface area (Å²) in [4.78, 5) is 0. The van der Waals surface area contributed by atoms with Gasteiger partial charge in [0.15, 0.2) is 0 Å². The molecule has 0 amide bonds. The van der Waals surface area contributed by atoms with Crippen LogP contribution in [-0.2, 0) is 0 Å². The lowest BCUT2D eigenvalue weighted by atomic mass is 9.84. The van der Waals surface area contributed by atoms with E-state index in [9.17, 15) is 0 Å². The third-order valence-electron chi connectivity index (χ3n) is 7.52. The Balaban J connectivity index is 2.07. The fraction of sp³-hybridized carbons (Fsp3) is 0.0455. The van der Waals surface area contributed by atoms with Crippen LogP contribution in [0.15, 0.2) is 171 Å². The fourth-order valence-electron chi connectivity index (χ4n) is 5.32. The van der Waals surface area contributed by atoms with Crippen LogP contribution >= 0.6 is 0 Å². The summed E-state index contributed by atoms with van der Waals surface area (Å²) in [5, 5.41) is 6.54. The van der Waals surface area contributed by atoms with Crippen LogP contribution in [0.4, 0.5) is 0 Å². The highest BCUT2D eigenvalue weighted by molar-refractivity contribution is 6.17. The molecule has 0 nitrogen and oxygen atoms in total. The van der Waals surface area contributed by atoms with Crippen molar-refractivity contribution in [2.24, 2.45) is 0 Å². The lowest BCUT2D eigenvalue weighted by Crippen LogP contribution is -1.97. The molecule has 0 aliphatic heterocycles. The van der Waals surface area contributed by atoms with Crippen molar-refractivity contribution in [3.8, 4) is 0 Å². The zero-order chi connectivity index (χ0) is 31.6. The molecule has 0 heteroatoms. The van der Waals surface area contributed by atoms with Crippen LogP contribution in [-0.4, -0.2) is 0 Å². The second kappa shape index (κ2) is 14.6. The highest BCUT2D eigenvalue weighted by Gasteiger charge is 2.17. The normalized spacial score (nSPS) is 12.3. The van der Waals surface area contributed by atoms with Gasteiger partial charge in [-0.3, -0.25) is 0 Å². The molecule has 216 valence electrons. The first-order chi connectivity index (χ1) is 21.3. The summed E-state index contributed by atoms with van der Waals surface area (Å²) in [7, 11) is 0. The Morgan fingerprint density at radius 1 is 0.568 bits per heavy atom. The van der Waals surface area contributed by atoms with Crippen molar-refractivity contribution >= 4 is 51.4 Å². The van der Waals surface area contributed by atoms with E-state index in [1.807, 2.05) is 36.4 Å². The van der Waals surface area contributed by atoms with E-state index < -0.39 is 0 Å². The van der Waals surface area contributed by atoms with Crippen LogP contribution in [0.3, 0.4) is 0 Å². The first-order valence-electron chi connectivity index (χ1n) is 14.7. The molecule has 0 aliphatic rings. The van der Waals surface area contributed by atoms with Crippen LogP contribution < -0.4 is 10.4 Å². The van der Waals surface area contributed by atoms with Gasteiger partial charge in [-0.2, -0.15) is 0 Å². The van der Waals surface area contributed by atoms with Crippen molar-refractivity contribution in [1.29, 1.82) is 0 Å². The Hall–Kier alpha value is -5.46. The second-order valence-electron chi connectivity index (χ2n) is 10.7. The molecule has 0 aromatic heterocycles. The van der Waals surface area contributed by atoms with Gasteiger partial charge in [0.25, 0.3) is 0 Å². The molecule has 0 radical (unpaired) electrons. The maximum Gasteiger partial charge on any atom is -0.00262 e. The van der Waals surface area contributed by atoms with E-state index in [0.29, 0.717) is 0 Å². The van der Waals surface area contributed by atoms with Gasteiger partial charge < -0.3 is 0 Å². The molecular weight excluding hydrogens is 528 g/mol. The Bertz CT molecular complexity index is 2010. The predicted molar refractivity (Wildman–Crippen MR) is 199 cm³/mol. The highest BCUT2D eigenvalue weighted by atomic mass is 14.2. The summed E-state index contributed by atoms with van der Waals surface area (Å²) in [5.41, 5.74) is 8.40. The molecule has 4 rings (SSSR count). The molecule has 0 spiro atoms. The summed E-state index contributed by atoms with van der Waals surface area (Å²) < 4.78 is 0. The smallest absolute Gasteiger partial charge is 0.00262 e. The van der Waals surface area contributed by atoms with Crippen molar-refractivity contribution in [1.82, 2.24) is 0 Å². The largest absolute Gasteiger partial charge is 0.0985 e. The Labute approximate surface area is 262 Å². The monoisotopic (exact) mass is 568 g/mol. The van der Waals surface area contributed by atoms with Crippen molar-refractivity contribution in [3.05, 3.63) is 198 Å². The van der Waals surface area contributed by atoms with Crippen molar-refractivity contribution in [2.75, 3.05) is 0 Å². The predicted octanol–water partition coefficient (Wildman–Crippen LogP) is 10.9. The second-order valence-corrected chi connectivity index (χ2v) is 10.7. The van der Waals surface area contributed by atoms with E-state index in [2.05, 4.69) is 138 Å². The van der Waals surface area contributed by atoms with Gasteiger partial charge in [0, 0.05) is 0 Å². The third kappa shape index (κ3) is 7.30. The van der Waals surface area contributed by atoms with Crippen LogP contribution in [0.5, 0.6) is 0 Å². The zero-order valence-electron chi connectivity index (χ0n) is 25.9. The van der Waals surface area contributed by atoms with Crippen LogP contribution in [0.2, 0.25) is 0 Å². The zero-order valence-corrected chi connectivity index (χ0v) is 25.9. The van der Waals surface area contributed by atoms with E-state index >= 15 is 0 Å². The SMILES string of the molecule is C=CC(=C)/C=C\C(=C/C(=C)C=C)c1c2ccccc2c(/C(C)=C/C(=C\C)c2ccc(=C)ccccc(=C)c2)c2ccccc12. The molecule has 0 aliphatic carbocycles. The minimum Gasteiger partial charge on any atom is -0.0985 e. The van der Waals surface area contributed by atoms with Gasteiger partial charge in [-0.15, -0.1) is 0 Å². The third-order valence-corrected chi connectivity index (χ3v) is 7.52. The minimum absolute atomic E-state index is 0.835. The number of hydrogen-bond donors (Lipinski definition) is 0. The number of allylic oxidation sites excluding steroid dienone is 12. The number of benzene rings is 3. The Morgan fingerprint density at radius 2 is 1.09 bits per heavy atom. The first-order valence-corrected chi connectivity index (χ1v) is 14.7. The molecule has 0 N–H and O–H groups in total. The molecule has 0 fully saturated rings. The summed E-state index contributed by atoms with van der Waals surface area (Å²) in [6.45, 7) is 28.8. The maximum atomic E-state index is 4.24. The summed E-state index contributed by atoms with van der Waals surface area (Å²) in [5.74, 6) is 0. The van der Waals surface area contributed by atoms with E-state index in [1.165, 1.54) is 21.9 Å². The highest BCUT2D eigenvalue weighted by Crippen LogP contribution is 2.41. The summed E-state index contributed by atoms with van der Waals surface area (Å²) in [6.07, 6.45) is 14.1. The van der Waals surface area contributed by atoms with Gasteiger partial charge in [0.05, 0.1) is 0 Å². The van der Waals surface area contributed by atoms with Gasteiger partial charge in [-0.25, -0.2) is 0 Å². The fourth-order valence-corrected chi connectivity index (χ4v) is 5.32. The van der Waals surface area contributed by atoms with Gasteiger partial charge in [0.2, 0.25) is 0 Å². The van der Waals surface area contributed by atoms with E-state index in [4.69, 9.17) is 0 Å². The quantitative estimate of drug-likeness (QED) is 0.139. The first kappa shape index (κ1) is 31.5. The molecular formula is C44H40. The molecule has 0 bridgehead atoms. The van der Waals surface area contributed by atoms with E-state index in [1.54, 1.807) is 12.2 Å². The molecule has 0 heterocycles. The van der Waals surface area contributed by atoms with Crippen molar-refractivity contribution in [3.63, 3.8) is 0 Å². The number of hydrogen-bond acceptors (Lipinski definition) is 0. The van der Waals surface area contributed by atoms with Crippen LogP contribution in [0.25, 0.3) is 51.4 Å². The average Bonchev–Trinajstić information content (AvgIpc) is 3.04. The molecule has 0 unspecified atom stereocenters. The molecule has 0 atom stereocenters. The van der Waals surface area contributed by atoms with Crippen LogP contribution in [0.1, 0.15) is 30.5 Å². The van der Waals surface area contributed by atoms with Gasteiger partial charge in [0.1, 0.15) is 0 Å². The van der Waals surface area contributed by atoms with E-state index in [-0.39, 0.29) is 0 Å². The number of rotatable bonds is 9. The minimum atomic E-state index is 0.835. The lowest BCUT2D eigenvalue weighted by molar-refractivity contribution is 1.55. The Morgan fingerprint density at radius 3 is 1.64 bits per heavy atom.